The van der Waals surface area contributed by atoms with E-state index in [4.69, 9.17) is 0 Å². The summed E-state index contributed by atoms with van der Waals surface area (Å²) < 4.78 is 0. The van der Waals surface area contributed by atoms with Gasteiger partial charge in [-0.3, -0.25) is 0 Å². The van der Waals surface area contributed by atoms with Gasteiger partial charge in [-0.05, 0) is 50.3 Å². The lowest BCUT2D eigenvalue weighted by molar-refractivity contribution is 0.466. The number of rotatable bonds is 4. The molecular weight excluding hydrogens is 262 g/mol. The van der Waals surface area contributed by atoms with Crippen LogP contribution in [0.2, 0.25) is 0 Å². The smallest absolute Gasteiger partial charge is 0.191 e. The summed E-state index contributed by atoms with van der Waals surface area (Å²) in [7, 11) is 0. The van der Waals surface area contributed by atoms with Crippen LogP contribution in [0.3, 0.4) is 0 Å². The molecule has 0 amide bonds. The molecule has 1 aromatic rings. The number of guanidine groups is 1. The van der Waals surface area contributed by atoms with E-state index in [1.54, 1.807) is 0 Å². The highest BCUT2D eigenvalue weighted by atomic mass is 16.3. The molecule has 0 aliphatic heterocycles. The molecule has 0 heterocycles. The largest absolute Gasteiger partial charge is 0.507 e. The van der Waals surface area contributed by atoms with Gasteiger partial charge in [-0.25, -0.2) is 4.99 Å². The Morgan fingerprint density at radius 3 is 2.43 bits per heavy atom. The fourth-order valence-electron chi connectivity index (χ4n) is 2.89. The molecule has 1 fully saturated rings. The molecule has 2 rings (SSSR count). The van der Waals surface area contributed by atoms with E-state index in [0.29, 0.717) is 18.3 Å². The number of phenolic OH excluding ortho intramolecular Hbond substituents is 1. The van der Waals surface area contributed by atoms with Crippen LogP contribution >= 0.6 is 0 Å². The standard InChI is InChI=1S/C17H27N3O/c1-4-18-17(20-15-7-5-6-8-15)19-11-14-9-12(2)16(21)13(3)10-14/h9-10,15,21H,4-8,11H2,1-3H3,(H2,18,19,20). The molecule has 1 aliphatic rings. The van der Waals surface area contributed by atoms with Gasteiger partial charge in [-0.2, -0.15) is 0 Å². The van der Waals surface area contributed by atoms with Gasteiger partial charge in [-0.1, -0.05) is 25.0 Å². The number of nitrogens with zero attached hydrogens (tertiary/aromatic N) is 1. The SMILES string of the molecule is CCNC(=NCc1cc(C)c(O)c(C)c1)NC1CCCC1. The summed E-state index contributed by atoms with van der Waals surface area (Å²) in [5, 5.41) is 16.6. The zero-order valence-electron chi connectivity index (χ0n) is 13.4. The van der Waals surface area contributed by atoms with Crippen molar-refractivity contribution in [3.05, 3.63) is 28.8 Å². The van der Waals surface area contributed by atoms with Crippen LogP contribution in [0.5, 0.6) is 5.75 Å². The van der Waals surface area contributed by atoms with E-state index in [-0.39, 0.29) is 0 Å². The molecule has 3 N–H and O–H groups in total. The molecule has 0 saturated heterocycles. The molecule has 0 bridgehead atoms. The second kappa shape index (κ2) is 7.34. The predicted molar refractivity (Wildman–Crippen MR) is 87.8 cm³/mol. The van der Waals surface area contributed by atoms with Crippen molar-refractivity contribution in [3.8, 4) is 5.75 Å². The average Bonchev–Trinajstić information content (AvgIpc) is 2.95. The molecule has 0 spiro atoms. The average molecular weight is 289 g/mol. The van der Waals surface area contributed by atoms with Crippen LogP contribution in [0.1, 0.15) is 49.3 Å². The minimum Gasteiger partial charge on any atom is -0.507 e. The van der Waals surface area contributed by atoms with E-state index in [1.165, 1.54) is 25.7 Å². The second-order valence-corrected chi connectivity index (χ2v) is 5.90. The first-order valence-corrected chi connectivity index (χ1v) is 7.94. The van der Waals surface area contributed by atoms with E-state index in [1.807, 2.05) is 26.0 Å². The number of hydrogen-bond donors (Lipinski definition) is 3. The highest BCUT2D eigenvalue weighted by Gasteiger charge is 2.15. The minimum absolute atomic E-state index is 0.388. The first-order chi connectivity index (χ1) is 10.1. The summed E-state index contributed by atoms with van der Waals surface area (Å²) in [4.78, 5) is 4.67. The highest BCUT2D eigenvalue weighted by molar-refractivity contribution is 5.80. The molecule has 4 heteroatoms. The Bertz CT molecular complexity index is 482. The maximum Gasteiger partial charge on any atom is 0.191 e. The summed E-state index contributed by atoms with van der Waals surface area (Å²) in [6.07, 6.45) is 5.10. The van der Waals surface area contributed by atoms with Crippen LogP contribution in [-0.4, -0.2) is 23.7 Å². The number of nitrogens with one attached hydrogen (secondary N) is 2. The fraction of sp³-hybridized carbons (Fsp3) is 0.588. The number of benzene rings is 1. The van der Waals surface area contributed by atoms with Crippen LogP contribution in [0.15, 0.2) is 17.1 Å². The van der Waals surface area contributed by atoms with Gasteiger partial charge in [0.15, 0.2) is 5.96 Å². The molecule has 21 heavy (non-hydrogen) atoms. The van der Waals surface area contributed by atoms with Gasteiger partial charge in [0.1, 0.15) is 5.75 Å². The third-order valence-corrected chi connectivity index (χ3v) is 4.01. The molecule has 1 aromatic carbocycles. The van der Waals surface area contributed by atoms with Crippen molar-refractivity contribution >= 4 is 5.96 Å². The normalized spacial score (nSPS) is 16.2. The van der Waals surface area contributed by atoms with Crippen LogP contribution < -0.4 is 10.6 Å². The van der Waals surface area contributed by atoms with Gasteiger partial charge in [0.05, 0.1) is 6.54 Å². The van der Waals surface area contributed by atoms with E-state index in [2.05, 4.69) is 22.5 Å². The molecular formula is C17H27N3O. The predicted octanol–water partition coefficient (Wildman–Crippen LogP) is 3.01. The van der Waals surface area contributed by atoms with Crippen molar-refractivity contribution in [1.29, 1.82) is 0 Å². The van der Waals surface area contributed by atoms with Gasteiger partial charge < -0.3 is 15.7 Å². The van der Waals surface area contributed by atoms with Crippen LogP contribution in [0.25, 0.3) is 0 Å². The molecule has 0 aromatic heterocycles. The lowest BCUT2D eigenvalue weighted by atomic mass is 10.1. The molecule has 1 aliphatic carbocycles. The van der Waals surface area contributed by atoms with E-state index in [0.717, 1.165) is 29.2 Å². The molecule has 116 valence electrons. The van der Waals surface area contributed by atoms with E-state index in [9.17, 15) is 5.11 Å². The molecule has 1 saturated carbocycles. The Balaban J connectivity index is 2.04. The summed E-state index contributed by atoms with van der Waals surface area (Å²) in [6, 6.07) is 4.57. The summed E-state index contributed by atoms with van der Waals surface area (Å²) in [5.41, 5.74) is 2.95. The Hall–Kier alpha value is -1.71. The molecule has 0 radical (unpaired) electrons. The number of aryl methyl sites for hydroxylation is 2. The van der Waals surface area contributed by atoms with Crippen molar-refractivity contribution in [3.63, 3.8) is 0 Å². The van der Waals surface area contributed by atoms with Gasteiger partial charge >= 0.3 is 0 Å². The number of aromatic hydroxyl groups is 1. The first-order valence-electron chi connectivity index (χ1n) is 7.94. The lowest BCUT2D eigenvalue weighted by Crippen LogP contribution is -2.42. The van der Waals surface area contributed by atoms with Crippen molar-refractivity contribution in [2.24, 2.45) is 4.99 Å². The number of phenols is 1. The van der Waals surface area contributed by atoms with Gasteiger partial charge in [0, 0.05) is 12.6 Å². The van der Waals surface area contributed by atoms with Crippen LogP contribution in [-0.2, 0) is 6.54 Å². The summed E-state index contributed by atoms with van der Waals surface area (Å²) >= 11 is 0. The maximum absolute atomic E-state index is 9.82. The van der Waals surface area contributed by atoms with Gasteiger partial charge in [-0.15, -0.1) is 0 Å². The molecule has 0 unspecified atom stereocenters. The van der Waals surface area contributed by atoms with Crippen LogP contribution in [0.4, 0.5) is 0 Å². The van der Waals surface area contributed by atoms with Crippen molar-refractivity contribution in [2.45, 2.75) is 59.0 Å². The Morgan fingerprint density at radius 1 is 1.24 bits per heavy atom. The third kappa shape index (κ3) is 4.38. The third-order valence-electron chi connectivity index (χ3n) is 4.01. The lowest BCUT2D eigenvalue weighted by Gasteiger charge is -2.16. The van der Waals surface area contributed by atoms with Crippen molar-refractivity contribution in [1.82, 2.24) is 10.6 Å². The maximum atomic E-state index is 9.82. The Morgan fingerprint density at radius 2 is 1.86 bits per heavy atom. The topological polar surface area (TPSA) is 56.7 Å². The van der Waals surface area contributed by atoms with E-state index >= 15 is 0 Å². The Labute approximate surface area is 127 Å². The Kier molecular flexibility index (Phi) is 5.48. The highest BCUT2D eigenvalue weighted by Crippen LogP contribution is 2.23. The monoisotopic (exact) mass is 289 g/mol. The fourth-order valence-corrected chi connectivity index (χ4v) is 2.89. The molecule has 4 nitrogen and oxygen atoms in total. The van der Waals surface area contributed by atoms with Crippen molar-refractivity contribution < 1.29 is 5.11 Å². The summed E-state index contributed by atoms with van der Waals surface area (Å²) in [6.45, 7) is 7.44. The van der Waals surface area contributed by atoms with Crippen LogP contribution in [0, 0.1) is 13.8 Å². The zero-order valence-corrected chi connectivity index (χ0v) is 13.4. The summed E-state index contributed by atoms with van der Waals surface area (Å²) in [5.74, 6) is 1.28. The molecule has 0 atom stereocenters. The number of aliphatic imine (C=N–C) groups is 1. The minimum atomic E-state index is 0.388. The first kappa shape index (κ1) is 15.7. The van der Waals surface area contributed by atoms with Gasteiger partial charge in [0.2, 0.25) is 0 Å². The zero-order chi connectivity index (χ0) is 15.2. The van der Waals surface area contributed by atoms with Crippen molar-refractivity contribution in [2.75, 3.05) is 6.54 Å². The van der Waals surface area contributed by atoms with Gasteiger partial charge in [0.25, 0.3) is 0 Å². The quantitative estimate of drug-likeness (QED) is 0.590. The van der Waals surface area contributed by atoms with E-state index < -0.39 is 0 Å². The number of hydrogen-bond acceptors (Lipinski definition) is 2. The second-order valence-electron chi connectivity index (χ2n) is 5.90.